The van der Waals surface area contributed by atoms with Crippen molar-refractivity contribution in [2.75, 3.05) is 30.4 Å². The highest BCUT2D eigenvalue weighted by Crippen LogP contribution is 2.36. The number of amides is 3. The second-order valence-corrected chi connectivity index (χ2v) is 8.87. The monoisotopic (exact) mass is 467 g/mol. The third-order valence-corrected chi connectivity index (χ3v) is 6.40. The Morgan fingerprint density at radius 3 is 2.52 bits per heavy atom. The van der Waals surface area contributed by atoms with E-state index in [-0.39, 0.29) is 16.6 Å². The fourth-order valence-corrected chi connectivity index (χ4v) is 4.29. The van der Waals surface area contributed by atoms with Gasteiger partial charge >= 0.3 is 0 Å². The van der Waals surface area contributed by atoms with Crippen LogP contribution < -0.4 is 15.0 Å². The average Bonchev–Trinajstić information content (AvgIpc) is 3.02. The number of rotatable bonds is 5. The summed E-state index contributed by atoms with van der Waals surface area (Å²) >= 11 is 6.28. The highest BCUT2D eigenvalue weighted by Gasteiger charge is 2.40. The average molecular weight is 468 g/mol. The van der Waals surface area contributed by atoms with Crippen molar-refractivity contribution in [3.05, 3.63) is 64.3 Å². The number of hydrogen-bond donors (Lipinski definition) is 1. The van der Waals surface area contributed by atoms with Gasteiger partial charge in [0.1, 0.15) is 16.5 Å². The number of halogens is 1. The quantitative estimate of drug-likeness (QED) is 0.663. The van der Waals surface area contributed by atoms with Crippen LogP contribution in [0.3, 0.4) is 0 Å². The summed E-state index contributed by atoms with van der Waals surface area (Å²) in [6, 6.07) is 12.1. The lowest BCUT2D eigenvalue weighted by molar-refractivity contribution is -0.120. The first-order chi connectivity index (χ1) is 15.8. The maximum absolute atomic E-state index is 13.2. The SMILES string of the molecule is COc1ccc(C)cc1N1C(=O)C(Cl)=C(Nc2cccc(C(=O)N3CCC(C)CC3)c2)C1=O. The molecule has 172 valence electrons. The highest BCUT2D eigenvalue weighted by molar-refractivity contribution is 6.53. The molecule has 0 saturated carbocycles. The lowest BCUT2D eigenvalue weighted by Gasteiger charge is -2.30. The molecule has 0 bridgehead atoms. The first kappa shape index (κ1) is 22.9. The third-order valence-electron chi connectivity index (χ3n) is 6.05. The molecule has 1 N–H and O–H groups in total. The zero-order chi connectivity index (χ0) is 23.7. The normalized spacial score (nSPS) is 17.1. The molecule has 0 radical (unpaired) electrons. The van der Waals surface area contributed by atoms with Crippen molar-refractivity contribution in [2.45, 2.75) is 26.7 Å². The lowest BCUT2D eigenvalue weighted by atomic mass is 9.98. The number of aryl methyl sites for hydroxylation is 1. The molecule has 7 nitrogen and oxygen atoms in total. The van der Waals surface area contributed by atoms with Gasteiger partial charge in [0.05, 0.1) is 12.8 Å². The van der Waals surface area contributed by atoms with Crippen molar-refractivity contribution in [1.29, 1.82) is 0 Å². The number of methoxy groups -OCH3 is 1. The standard InChI is InChI=1S/C25H26ClN3O4/c1-15-9-11-28(12-10-15)23(30)17-5-4-6-18(14-17)27-22-21(26)24(31)29(25(22)32)19-13-16(2)7-8-20(19)33-3/h4-8,13-15,27H,9-12H2,1-3H3. The summed E-state index contributed by atoms with van der Waals surface area (Å²) in [5.41, 5.74) is 2.16. The zero-order valence-corrected chi connectivity index (χ0v) is 19.6. The fourth-order valence-electron chi connectivity index (χ4n) is 4.07. The minimum atomic E-state index is -0.636. The Kier molecular flexibility index (Phi) is 6.42. The Bertz CT molecular complexity index is 1150. The number of nitrogens with one attached hydrogen (secondary N) is 1. The van der Waals surface area contributed by atoms with Crippen LogP contribution in [0.2, 0.25) is 0 Å². The predicted molar refractivity (Wildman–Crippen MR) is 127 cm³/mol. The molecule has 0 atom stereocenters. The minimum absolute atomic E-state index is 0.0402. The van der Waals surface area contributed by atoms with Gasteiger partial charge in [-0.05, 0) is 61.6 Å². The maximum atomic E-state index is 13.2. The Labute approximate surface area is 198 Å². The van der Waals surface area contributed by atoms with E-state index in [1.165, 1.54) is 7.11 Å². The number of benzene rings is 2. The lowest BCUT2D eigenvalue weighted by Crippen LogP contribution is -2.37. The molecular formula is C25H26ClN3O4. The summed E-state index contributed by atoms with van der Waals surface area (Å²) in [6.45, 7) is 5.51. The molecule has 1 fully saturated rings. The smallest absolute Gasteiger partial charge is 0.283 e. The maximum Gasteiger partial charge on any atom is 0.283 e. The van der Waals surface area contributed by atoms with Crippen molar-refractivity contribution in [2.24, 2.45) is 5.92 Å². The van der Waals surface area contributed by atoms with Crippen molar-refractivity contribution in [3.8, 4) is 5.75 Å². The predicted octanol–water partition coefficient (Wildman–Crippen LogP) is 4.31. The minimum Gasteiger partial charge on any atom is -0.495 e. The number of nitrogens with zero attached hydrogens (tertiary/aromatic N) is 2. The van der Waals surface area contributed by atoms with Gasteiger partial charge in [-0.15, -0.1) is 0 Å². The summed E-state index contributed by atoms with van der Waals surface area (Å²) < 4.78 is 5.33. The first-order valence-electron chi connectivity index (χ1n) is 10.9. The zero-order valence-electron chi connectivity index (χ0n) is 18.9. The third kappa shape index (κ3) is 4.46. The molecular weight excluding hydrogens is 442 g/mol. The highest BCUT2D eigenvalue weighted by atomic mass is 35.5. The summed E-state index contributed by atoms with van der Waals surface area (Å²) in [6.07, 6.45) is 1.97. The molecule has 0 spiro atoms. The molecule has 2 aromatic rings. The fraction of sp³-hybridized carbons (Fsp3) is 0.320. The second kappa shape index (κ2) is 9.27. The Balaban J connectivity index is 1.57. The van der Waals surface area contributed by atoms with E-state index >= 15 is 0 Å². The summed E-state index contributed by atoms with van der Waals surface area (Å²) in [4.78, 5) is 41.8. The molecule has 0 aliphatic carbocycles. The van der Waals surface area contributed by atoms with Gasteiger partial charge in [0, 0.05) is 24.3 Å². The van der Waals surface area contributed by atoms with Crippen molar-refractivity contribution in [1.82, 2.24) is 4.90 Å². The number of carbonyl (C=O) groups excluding carboxylic acids is 3. The molecule has 2 heterocycles. The molecule has 2 aliphatic heterocycles. The largest absolute Gasteiger partial charge is 0.495 e. The molecule has 2 aromatic carbocycles. The molecule has 8 heteroatoms. The van der Waals surface area contributed by atoms with Gasteiger partial charge in [-0.2, -0.15) is 0 Å². The first-order valence-corrected chi connectivity index (χ1v) is 11.3. The van der Waals surface area contributed by atoms with Crippen LogP contribution in [0.1, 0.15) is 35.7 Å². The van der Waals surface area contributed by atoms with Crippen molar-refractivity contribution < 1.29 is 19.1 Å². The Morgan fingerprint density at radius 1 is 1.09 bits per heavy atom. The molecule has 4 rings (SSSR count). The van der Waals surface area contributed by atoms with Crippen LogP contribution in [-0.2, 0) is 9.59 Å². The molecule has 0 aromatic heterocycles. The van der Waals surface area contributed by atoms with E-state index in [1.54, 1.807) is 36.4 Å². The van der Waals surface area contributed by atoms with E-state index in [1.807, 2.05) is 17.9 Å². The van der Waals surface area contributed by atoms with Crippen LogP contribution in [0, 0.1) is 12.8 Å². The van der Waals surface area contributed by atoms with Crippen molar-refractivity contribution in [3.63, 3.8) is 0 Å². The summed E-state index contributed by atoms with van der Waals surface area (Å²) in [5, 5.41) is 2.73. The Hall–Kier alpha value is -3.32. The molecule has 1 saturated heterocycles. The van der Waals surface area contributed by atoms with Gasteiger partial charge in [-0.1, -0.05) is 30.7 Å². The topological polar surface area (TPSA) is 79.0 Å². The number of imide groups is 1. The van der Waals surface area contributed by atoms with Gasteiger partial charge in [0.25, 0.3) is 17.7 Å². The van der Waals surface area contributed by atoms with Crippen LogP contribution in [0.4, 0.5) is 11.4 Å². The number of carbonyl (C=O) groups is 3. The van der Waals surface area contributed by atoms with Gasteiger partial charge < -0.3 is 15.0 Å². The molecule has 2 aliphatic rings. The Morgan fingerprint density at radius 2 is 1.82 bits per heavy atom. The molecule has 33 heavy (non-hydrogen) atoms. The molecule has 0 unspecified atom stereocenters. The van der Waals surface area contributed by atoms with Gasteiger partial charge in [-0.3, -0.25) is 14.4 Å². The van der Waals surface area contributed by atoms with Crippen LogP contribution >= 0.6 is 11.6 Å². The van der Waals surface area contributed by atoms with Gasteiger partial charge in [-0.25, -0.2) is 4.90 Å². The number of hydrogen-bond acceptors (Lipinski definition) is 5. The van der Waals surface area contributed by atoms with E-state index in [0.717, 1.165) is 36.4 Å². The van der Waals surface area contributed by atoms with E-state index in [4.69, 9.17) is 16.3 Å². The van der Waals surface area contributed by atoms with Crippen LogP contribution in [0.5, 0.6) is 5.75 Å². The second-order valence-electron chi connectivity index (χ2n) is 8.49. The van der Waals surface area contributed by atoms with Crippen LogP contribution in [0.15, 0.2) is 53.2 Å². The number of ether oxygens (including phenoxy) is 1. The van der Waals surface area contributed by atoms with Gasteiger partial charge in [0.15, 0.2) is 0 Å². The van der Waals surface area contributed by atoms with E-state index in [9.17, 15) is 14.4 Å². The number of anilines is 2. The van der Waals surface area contributed by atoms with E-state index in [0.29, 0.717) is 28.6 Å². The van der Waals surface area contributed by atoms with E-state index in [2.05, 4.69) is 12.2 Å². The summed E-state index contributed by atoms with van der Waals surface area (Å²) in [7, 11) is 1.47. The van der Waals surface area contributed by atoms with E-state index < -0.39 is 11.8 Å². The van der Waals surface area contributed by atoms with Gasteiger partial charge in [0.2, 0.25) is 0 Å². The van der Waals surface area contributed by atoms with Crippen LogP contribution in [-0.4, -0.2) is 42.8 Å². The summed E-state index contributed by atoms with van der Waals surface area (Å²) in [5.74, 6) is -0.266. The number of piperidine rings is 1. The number of likely N-dealkylation sites (tertiary alicyclic amines) is 1. The van der Waals surface area contributed by atoms with Crippen molar-refractivity contribution >= 4 is 40.7 Å². The van der Waals surface area contributed by atoms with Crippen LogP contribution in [0.25, 0.3) is 0 Å². The molecule has 3 amide bonds.